The maximum absolute atomic E-state index is 14.7. The minimum atomic E-state index is -1.32. The predicted octanol–water partition coefficient (Wildman–Crippen LogP) is 9.22. The Morgan fingerprint density at radius 3 is 1.78 bits per heavy atom. The molecule has 1 unspecified atom stereocenters. The number of hydrogen-bond donors (Lipinski definition) is 4. The number of carboxylic acids is 4. The number of carbonyl (C=O) groups is 4. The summed E-state index contributed by atoms with van der Waals surface area (Å²) >= 11 is 3.43. The summed E-state index contributed by atoms with van der Waals surface area (Å²) in [6, 6.07) is 33.6. The average Bonchev–Trinajstić information content (AvgIpc) is 4.23. The first-order valence-electron chi connectivity index (χ1n) is 24.6. The number of anilines is 3. The lowest BCUT2D eigenvalue weighted by Gasteiger charge is -2.43. The lowest BCUT2D eigenvalue weighted by Crippen LogP contribution is -2.46. The summed E-state index contributed by atoms with van der Waals surface area (Å²) in [7, 11) is 4.13. The maximum atomic E-state index is 14.7. The van der Waals surface area contributed by atoms with Gasteiger partial charge in [0, 0.05) is 78.9 Å². The first kappa shape index (κ1) is 50.5. The molecule has 15 nitrogen and oxygen atoms in total. The first-order valence-corrected chi connectivity index (χ1v) is 26.2. The molecule has 0 bridgehead atoms. The highest BCUT2D eigenvalue weighted by Gasteiger charge is 2.48. The second-order valence-corrected chi connectivity index (χ2v) is 22.1. The quantitative estimate of drug-likeness (QED) is 0.0407. The van der Waals surface area contributed by atoms with Crippen molar-refractivity contribution in [3.05, 3.63) is 155 Å². The first-order chi connectivity index (χ1) is 36.7. The second kappa shape index (κ2) is 18.9. The van der Waals surface area contributed by atoms with E-state index >= 15 is 0 Å². The molecule has 0 saturated heterocycles. The minimum Gasteiger partial charge on any atom is -0.488 e. The van der Waals surface area contributed by atoms with E-state index in [1.54, 1.807) is 34.8 Å². The minimum absolute atomic E-state index is 0.0110. The molecular weight excluding hydrogens is 1020 g/mol. The molecule has 0 saturated carbocycles. The highest BCUT2D eigenvalue weighted by atomic mass is 32.1. The van der Waals surface area contributed by atoms with E-state index in [-0.39, 0.29) is 36.1 Å². The van der Waals surface area contributed by atoms with E-state index in [0.29, 0.717) is 17.1 Å². The van der Waals surface area contributed by atoms with Gasteiger partial charge in [-0.05, 0) is 73.3 Å². The second-order valence-electron chi connectivity index (χ2n) is 20.0. The van der Waals surface area contributed by atoms with Gasteiger partial charge in [-0.25, -0.2) is 4.39 Å². The van der Waals surface area contributed by atoms with Crippen LogP contribution in [0.1, 0.15) is 43.0 Å². The number of thiophene rings is 2. The number of aliphatic carboxylic acids is 4. The largest absolute Gasteiger partial charge is 0.488 e. The van der Waals surface area contributed by atoms with E-state index in [1.807, 2.05) is 31.3 Å². The molecule has 11 rings (SSSR count). The summed E-state index contributed by atoms with van der Waals surface area (Å²) < 4.78 is 38.8. The van der Waals surface area contributed by atoms with Crippen LogP contribution >= 0.6 is 22.7 Å². The number of rotatable bonds is 16. The van der Waals surface area contributed by atoms with Gasteiger partial charge in [0.15, 0.2) is 0 Å². The molecule has 0 spiro atoms. The van der Waals surface area contributed by atoms with Crippen LogP contribution in [0.3, 0.4) is 0 Å². The summed E-state index contributed by atoms with van der Waals surface area (Å²) in [5.74, 6) is -4.85. The Hall–Kier alpha value is -8.61. The van der Waals surface area contributed by atoms with Gasteiger partial charge in [-0.1, -0.05) is 42.5 Å². The number of hydrogen-bond acceptors (Lipinski definition) is 12. The molecule has 8 aromatic rings. The third kappa shape index (κ3) is 8.66. The van der Waals surface area contributed by atoms with Gasteiger partial charge >= 0.3 is 29.4 Å². The van der Waals surface area contributed by atoms with Gasteiger partial charge in [-0.2, -0.15) is 4.58 Å². The standard InChI is InChI=1S/C59H49FN4O11S2/c1-58(2)54-33-11-7-9-13-47(33)76-56(54)35-23-37-43(25-41(35)61(58)5)75-44-26-42-36(57-55(59(3,4)62(42)6)34-12-8-10-14-48(34)77-57)24-38(44)53(37)31-15-17-39(63(27-49(65)66)28-50(67)68)45(21-31)73-19-20-74-46-22-32(60)16-18-40(46)64(29-51(69)70)30-52(71)72/h7-18,21-26H,1,19-20,27-30H2,2-6H3,(H2-2,65,66,67,68,69,70,71,72)/p+2. The molecule has 3 aliphatic heterocycles. The fraction of sp³-hybridized carbons (Fsp3) is 0.220. The molecule has 6 aromatic carbocycles. The highest BCUT2D eigenvalue weighted by Crippen LogP contribution is 2.56. The molecular formula is C59H51FN4O11S2+2. The van der Waals surface area contributed by atoms with Crippen molar-refractivity contribution in [2.24, 2.45) is 0 Å². The predicted molar refractivity (Wildman–Crippen MR) is 296 cm³/mol. The Morgan fingerprint density at radius 1 is 0.662 bits per heavy atom. The molecule has 77 heavy (non-hydrogen) atoms. The fourth-order valence-corrected chi connectivity index (χ4v) is 13.8. The summed E-state index contributed by atoms with van der Waals surface area (Å²) in [5.41, 5.74) is 6.49. The van der Waals surface area contributed by atoms with Crippen LogP contribution in [-0.4, -0.2) is 97.8 Å². The van der Waals surface area contributed by atoms with Crippen LogP contribution in [0.5, 0.6) is 23.0 Å². The van der Waals surface area contributed by atoms with Gasteiger partial charge in [0.05, 0.1) is 39.0 Å². The Balaban J connectivity index is 1.11. The van der Waals surface area contributed by atoms with Crippen LogP contribution in [0, 0.1) is 12.7 Å². The van der Waals surface area contributed by atoms with Crippen LogP contribution in [0.4, 0.5) is 21.5 Å². The number of halogens is 1. The zero-order chi connectivity index (χ0) is 54.4. The van der Waals surface area contributed by atoms with E-state index in [0.717, 1.165) is 85.7 Å². The Bertz CT molecular complexity index is 3950. The molecule has 18 heteroatoms. The lowest BCUT2D eigenvalue weighted by atomic mass is 9.81. The molecule has 1 atom stereocenters. The number of carboxylic acid groups (broad SMARTS) is 4. The van der Waals surface area contributed by atoms with Crippen LogP contribution in [-0.2, 0) is 30.3 Å². The van der Waals surface area contributed by atoms with Crippen molar-refractivity contribution in [1.29, 1.82) is 0 Å². The smallest absolute Gasteiger partial charge is 0.323 e. The SMILES string of the molecule is [CH2+]C1(C)c2c(sc3ccccc23)-c2cc3c(cc2=[N+]1C)Oc1cc2c(cc1C=3c1ccc(N(CC(=O)O)CC(=O)O)c(OCCOc3cc(F)ccc3N(CC(=O)O)CC(=O)O)c1)-c1sc3ccccc3c1C(C)(C)N2C. The van der Waals surface area contributed by atoms with Gasteiger partial charge in [0.25, 0.3) is 0 Å². The maximum Gasteiger partial charge on any atom is 0.323 e. The third-order valence-electron chi connectivity index (χ3n) is 14.8. The van der Waals surface area contributed by atoms with Gasteiger partial charge in [0.2, 0.25) is 5.36 Å². The van der Waals surface area contributed by atoms with Crippen molar-refractivity contribution in [3.63, 3.8) is 0 Å². The molecule has 0 aliphatic carbocycles. The van der Waals surface area contributed by atoms with Crippen molar-refractivity contribution in [2.75, 3.05) is 68.2 Å². The summed E-state index contributed by atoms with van der Waals surface area (Å²) in [4.78, 5) is 54.9. The fourth-order valence-electron chi connectivity index (χ4n) is 11.0. The molecule has 0 fully saturated rings. The molecule has 5 heterocycles. The van der Waals surface area contributed by atoms with Gasteiger partial charge in [0.1, 0.15) is 82.2 Å². The average molecular weight is 1080 g/mol. The molecule has 3 aliphatic rings. The molecule has 4 N–H and O–H groups in total. The Labute approximate surface area is 448 Å². The Kier molecular flexibility index (Phi) is 12.4. The molecule has 0 radical (unpaired) electrons. The van der Waals surface area contributed by atoms with Crippen LogP contribution < -0.4 is 44.1 Å². The third-order valence-corrected chi connectivity index (χ3v) is 17.2. The van der Waals surface area contributed by atoms with E-state index < -0.39 is 67.0 Å². The number of benzene rings is 6. The van der Waals surface area contributed by atoms with E-state index in [1.165, 1.54) is 21.9 Å². The van der Waals surface area contributed by atoms with E-state index in [9.17, 15) is 44.0 Å². The summed E-state index contributed by atoms with van der Waals surface area (Å²) in [6.45, 7) is 7.92. The number of nitrogens with zero attached hydrogens (tertiary/aromatic N) is 4. The van der Waals surface area contributed by atoms with Gasteiger partial charge < -0.3 is 49.3 Å². The Morgan fingerprint density at radius 2 is 1.19 bits per heavy atom. The summed E-state index contributed by atoms with van der Waals surface area (Å²) in [6.07, 6.45) is 0. The van der Waals surface area contributed by atoms with Crippen molar-refractivity contribution in [2.45, 2.75) is 31.8 Å². The van der Waals surface area contributed by atoms with Crippen molar-refractivity contribution >= 4 is 89.4 Å². The topological polar surface area (TPSA) is 190 Å². The van der Waals surface area contributed by atoms with Crippen LogP contribution in [0.2, 0.25) is 0 Å². The monoisotopic (exact) mass is 1070 g/mol. The zero-order valence-corrected chi connectivity index (χ0v) is 44.1. The number of fused-ring (bicyclic) bond motifs is 12. The van der Waals surface area contributed by atoms with Crippen molar-refractivity contribution in [1.82, 2.24) is 4.58 Å². The van der Waals surface area contributed by atoms with E-state index in [2.05, 4.69) is 91.9 Å². The van der Waals surface area contributed by atoms with Gasteiger partial charge in [-0.3, -0.25) is 19.2 Å². The van der Waals surface area contributed by atoms with Crippen molar-refractivity contribution in [3.8, 4) is 43.9 Å². The van der Waals surface area contributed by atoms with E-state index in [4.69, 9.17) is 21.1 Å². The van der Waals surface area contributed by atoms with Crippen LogP contribution in [0.15, 0.2) is 109 Å². The summed E-state index contributed by atoms with van der Waals surface area (Å²) in [5, 5.41) is 43.3. The highest BCUT2D eigenvalue weighted by molar-refractivity contribution is 7.23. The lowest BCUT2D eigenvalue weighted by molar-refractivity contribution is -0.138. The van der Waals surface area contributed by atoms with Crippen LogP contribution in [0.25, 0.3) is 46.6 Å². The zero-order valence-electron chi connectivity index (χ0n) is 42.5. The van der Waals surface area contributed by atoms with Gasteiger partial charge in [-0.15, -0.1) is 22.7 Å². The number of ether oxygens (including phenoxy) is 3. The molecule has 0 amide bonds. The van der Waals surface area contributed by atoms with Crippen molar-refractivity contribution < 1.29 is 58.2 Å². The normalized spacial score (nSPS) is 15.6. The molecule has 390 valence electrons. The molecule has 2 aromatic heterocycles.